The Bertz CT molecular complexity index is 1110. The molecule has 6 rings (SSSR count). The van der Waals surface area contributed by atoms with Gasteiger partial charge in [-0.15, -0.1) is 10.2 Å². The van der Waals surface area contributed by atoms with Gasteiger partial charge in [0, 0.05) is 42.4 Å². The Morgan fingerprint density at radius 2 is 1.72 bits per heavy atom. The van der Waals surface area contributed by atoms with Crippen molar-refractivity contribution in [2.75, 3.05) is 11.4 Å². The van der Waals surface area contributed by atoms with Crippen LogP contribution < -0.4 is 4.90 Å². The highest BCUT2D eigenvalue weighted by Gasteiger charge is 2.33. The van der Waals surface area contributed by atoms with Gasteiger partial charge in [0.1, 0.15) is 12.1 Å². The van der Waals surface area contributed by atoms with Crippen LogP contribution in [-0.4, -0.2) is 31.3 Å². The fraction of sp³-hybridized carbons (Fsp3) is 0.304. The largest absolute Gasteiger partial charge is 0.325 e. The van der Waals surface area contributed by atoms with E-state index >= 15 is 0 Å². The molecule has 0 unspecified atom stereocenters. The number of allylic oxidation sites excluding steroid dienone is 3. The predicted molar refractivity (Wildman–Crippen MR) is 112 cm³/mol. The first kappa shape index (κ1) is 16.7. The number of hydrogen-bond acceptors (Lipinski definition) is 5. The van der Waals surface area contributed by atoms with Crippen LogP contribution in [0.5, 0.6) is 0 Å². The highest BCUT2D eigenvalue weighted by Crippen LogP contribution is 2.43. The molecule has 0 radical (unpaired) electrons. The second-order valence-corrected chi connectivity index (χ2v) is 8.08. The molecular formula is C23H22N6. The summed E-state index contributed by atoms with van der Waals surface area (Å²) in [7, 11) is 0. The monoisotopic (exact) mass is 382 g/mol. The zero-order valence-corrected chi connectivity index (χ0v) is 16.1. The maximum Gasteiger partial charge on any atom is 0.164 e. The topological polar surface area (TPSA) is 59.7 Å². The predicted octanol–water partition coefficient (Wildman–Crippen LogP) is 4.27. The molecule has 3 aromatic rings. The maximum absolute atomic E-state index is 4.74. The average Bonchev–Trinajstić information content (AvgIpc) is 3.73. The van der Waals surface area contributed by atoms with Crippen molar-refractivity contribution in [3.8, 4) is 11.4 Å². The molecule has 144 valence electrons. The summed E-state index contributed by atoms with van der Waals surface area (Å²) in [5, 5.41) is 8.56. The summed E-state index contributed by atoms with van der Waals surface area (Å²) in [6.07, 6.45) is 16.9. The molecule has 29 heavy (non-hydrogen) atoms. The Balaban J connectivity index is 1.37. The van der Waals surface area contributed by atoms with Crippen molar-refractivity contribution in [3.63, 3.8) is 0 Å². The van der Waals surface area contributed by atoms with E-state index in [4.69, 9.17) is 4.98 Å². The van der Waals surface area contributed by atoms with E-state index in [1.165, 1.54) is 42.5 Å². The van der Waals surface area contributed by atoms with Crippen molar-refractivity contribution < 1.29 is 0 Å². The minimum atomic E-state index is 0.551. The van der Waals surface area contributed by atoms with Crippen LogP contribution in [0.4, 0.5) is 5.82 Å². The van der Waals surface area contributed by atoms with E-state index < -0.39 is 0 Å². The molecule has 3 aromatic heterocycles. The first-order valence-electron chi connectivity index (χ1n) is 10.3. The van der Waals surface area contributed by atoms with Crippen LogP contribution in [0.25, 0.3) is 17.0 Å². The summed E-state index contributed by atoms with van der Waals surface area (Å²) in [6.45, 7) is 0.818. The van der Waals surface area contributed by atoms with Crippen LogP contribution in [0.15, 0.2) is 67.0 Å². The summed E-state index contributed by atoms with van der Waals surface area (Å²) in [4.78, 5) is 11.3. The first-order chi connectivity index (χ1) is 14.4. The molecule has 0 spiro atoms. The smallest absolute Gasteiger partial charge is 0.164 e. The minimum Gasteiger partial charge on any atom is -0.325 e. The quantitative estimate of drug-likeness (QED) is 0.660. The summed E-state index contributed by atoms with van der Waals surface area (Å²) >= 11 is 0. The Labute approximate surface area is 169 Å². The molecule has 2 aliphatic carbocycles. The van der Waals surface area contributed by atoms with Gasteiger partial charge in [-0.25, -0.2) is 4.98 Å². The van der Waals surface area contributed by atoms with Crippen LogP contribution in [-0.2, 0) is 0 Å². The molecule has 0 atom stereocenters. The second-order valence-electron chi connectivity index (χ2n) is 8.08. The third-order valence-electron chi connectivity index (χ3n) is 5.94. The number of rotatable bonds is 5. The van der Waals surface area contributed by atoms with Crippen molar-refractivity contribution in [1.82, 2.24) is 24.7 Å². The van der Waals surface area contributed by atoms with Crippen LogP contribution in [0.2, 0.25) is 0 Å². The first-order valence-corrected chi connectivity index (χ1v) is 10.3. The molecule has 0 N–H and O–H groups in total. The number of hydrogen-bond donors (Lipinski definition) is 0. The lowest BCUT2D eigenvalue weighted by atomic mass is 10.0. The number of anilines is 1. The molecule has 4 heterocycles. The van der Waals surface area contributed by atoms with Gasteiger partial charge in [-0.05, 0) is 73.1 Å². The van der Waals surface area contributed by atoms with Crippen LogP contribution in [0.3, 0.4) is 0 Å². The fourth-order valence-electron chi connectivity index (χ4n) is 4.07. The van der Waals surface area contributed by atoms with E-state index in [1.54, 1.807) is 0 Å². The Morgan fingerprint density at radius 3 is 2.52 bits per heavy atom. The second kappa shape index (κ2) is 6.65. The molecule has 2 saturated carbocycles. The van der Waals surface area contributed by atoms with Gasteiger partial charge in [-0.1, -0.05) is 6.08 Å². The fourth-order valence-corrected chi connectivity index (χ4v) is 4.07. The van der Waals surface area contributed by atoms with Gasteiger partial charge in [0.25, 0.3) is 0 Å². The molecule has 0 aromatic carbocycles. The van der Waals surface area contributed by atoms with Crippen LogP contribution in [0.1, 0.15) is 37.3 Å². The van der Waals surface area contributed by atoms with Crippen LogP contribution >= 0.6 is 0 Å². The van der Waals surface area contributed by atoms with E-state index in [0.29, 0.717) is 12.0 Å². The van der Waals surface area contributed by atoms with Crippen LogP contribution in [0, 0.1) is 5.92 Å². The van der Waals surface area contributed by atoms with Gasteiger partial charge in [-0.2, -0.15) is 0 Å². The molecule has 1 aliphatic heterocycles. The van der Waals surface area contributed by atoms with E-state index in [1.807, 2.05) is 31.0 Å². The minimum absolute atomic E-state index is 0.551. The lowest BCUT2D eigenvalue weighted by Crippen LogP contribution is -2.28. The molecule has 0 amide bonds. The third-order valence-corrected chi connectivity index (χ3v) is 5.94. The van der Waals surface area contributed by atoms with Crippen molar-refractivity contribution >= 4 is 11.4 Å². The number of pyridine rings is 2. The lowest BCUT2D eigenvalue weighted by molar-refractivity contribution is 0.746. The maximum atomic E-state index is 4.74. The highest BCUT2D eigenvalue weighted by atomic mass is 15.3. The highest BCUT2D eigenvalue weighted by molar-refractivity contribution is 5.75. The Hall–Kier alpha value is -3.28. The zero-order valence-electron chi connectivity index (χ0n) is 16.1. The van der Waals surface area contributed by atoms with Crippen molar-refractivity contribution in [3.05, 3.63) is 72.6 Å². The summed E-state index contributed by atoms with van der Waals surface area (Å²) < 4.78 is 2.20. The van der Waals surface area contributed by atoms with Gasteiger partial charge in [0.15, 0.2) is 5.82 Å². The van der Waals surface area contributed by atoms with E-state index in [0.717, 1.165) is 23.8 Å². The van der Waals surface area contributed by atoms with E-state index in [9.17, 15) is 0 Å². The van der Waals surface area contributed by atoms with E-state index in [-0.39, 0.29) is 0 Å². The molecule has 6 nitrogen and oxygen atoms in total. The summed E-state index contributed by atoms with van der Waals surface area (Å²) in [5.74, 6) is 2.56. The molecule has 6 heteroatoms. The lowest BCUT2D eigenvalue weighted by Gasteiger charge is -2.31. The summed E-state index contributed by atoms with van der Waals surface area (Å²) in [6, 6.07) is 8.89. The van der Waals surface area contributed by atoms with Crippen molar-refractivity contribution in [2.45, 2.75) is 31.7 Å². The van der Waals surface area contributed by atoms with Gasteiger partial charge in [0.2, 0.25) is 0 Å². The van der Waals surface area contributed by atoms with Crippen molar-refractivity contribution in [1.29, 1.82) is 0 Å². The van der Waals surface area contributed by atoms with Gasteiger partial charge >= 0.3 is 0 Å². The van der Waals surface area contributed by atoms with Crippen molar-refractivity contribution in [2.24, 2.45) is 5.92 Å². The molecule has 0 bridgehead atoms. The van der Waals surface area contributed by atoms with E-state index in [2.05, 4.69) is 55.0 Å². The number of aromatic nitrogens is 5. The standard InChI is InChI=1S/C23H22N6/c1-2-17(1)21-6-3-19(16-7-10-24-11-8-16)14-28(21)22-13-18(9-12-25-22)23-27-26-15-29(23)20-4-5-20/h3,6-13,15,17,20H,1-2,4-5,14H2. The third kappa shape index (κ3) is 3.14. The Kier molecular flexibility index (Phi) is 3.82. The average molecular weight is 382 g/mol. The molecular weight excluding hydrogens is 360 g/mol. The molecule has 0 saturated heterocycles. The Morgan fingerprint density at radius 1 is 0.897 bits per heavy atom. The van der Waals surface area contributed by atoms with Gasteiger partial charge < -0.3 is 9.47 Å². The summed E-state index contributed by atoms with van der Waals surface area (Å²) in [5.41, 5.74) is 4.94. The van der Waals surface area contributed by atoms with Gasteiger partial charge in [0.05, 0.1) is 0 Å². The van der Waals surface area contributed by atoms with Gasteiger partial charge in [-0.3, -0.25) is 4.98 Å². The number of nitrogens with zero attached hydrogens (tertiary/aromatic N) is 6. The molecule has 3 aliphatic rings. The molecule has 2 fully saturated rings. The zero-order chi connectivity index (χ0) is 19.2. The SMILES string of the molecule is C1=C(c2ccncc2)CN(c2cc(-c3nncn3C3CC3)ccn2)C(C2CC2)=C1. The normalized spacial score (nSPS) is 19.1.